The largest absolute Gasteiger partial charge is 0.279 e. The van der Waals surface area contributed by atoms with Crippen molar-refractivity contribution in [2.24, 2.45) is 0 Å². The van der Waals surface area contributed by atoms with Gasteiger partial charge in [-0.15, -0.1) is 0 Å². The van der Waals surface area contributed by atoms with Gasteiger partial charge in [-0.25, -0.2) is 0 Å². The van der Waals surface area contributed by atoms with Crippen molar-refractivity contribution in [1.29, 1.82) is 5.26 Å². The van der Waals surface area contributed by atoms with Gasteiger partial charge < -0.3 is 0 Å². The summed E-state index contributed by atoms with van der Waals surface area (Å²) >= 11 is 0. The summed E-state index contributed by atoms with van der Waals surface area (Å²) in [4.78, 5) is 0. The van der Waals surface area contributed by atoms with Crippen LogP contribution in [0.2, 0.25) is 0 Å². The molecule has 6 heteroatoms. The van der Waals surface area contributed by atoms with E-state index in [0.717, 1.165) is 5.56 Å². The smallest absolute Gasteiger partial charge is 0.198 e. The van der Waals surface area contributed by atoms with E-state index in [2.05, 4.69) is 4.72 Å². The molecule has 0 unspecified atom stereocenters. The van der Waals surface area contributed by atoms with Gasteiger partial charge in [0.15, 0.2) is 0 Å². The van der Waals surface area contributed by atoms with E-state index >= 15 is 0 Å². The molecule has 1 N–H and O–H groups in total. The molecule has 0 radical (unpaired) electrons. The van der Waals surface area contributed by atoms with E-state index in [0.29, 0.717) is 5.56 Å². The Balaban J connectivity index is 2.68. The molecule has 0 aliphatic carbocycles. The summed E-state index contributed by atoms with van der Waals surface area (Å²) in [5.74, 6) is 0. The maximum absolute atomic E-state index is 11.8. The van der Waals surface area contributed by atoms with Crippen molar-refractivity contribution in [2.75, 3.05) is 7.05 Å². The highest BCUT2D eigenvalue weighted by molar-refractivity contribution is 7.87. The molecule has 0 amide bonds. The number of hydrogen-bond donors (Lipinski definition) is 1. The van der Waals surface area contributed by atoms with Crippen molar-refractivity contribution < 1.29 is 8.42 Å². The van der Waals surface area contributed by atoms with Crippen molar-refractivity contribution in [1.82, 2.24) is 9.03 Å². The monoisotopic (exact) mass is 267 g/mol. The van der Waals surface area contributed by atoms with Gasteiger partial charge in [-0.05, 0) is 31.5 Å². The van der Waals surface area contributed by atoms with Gasteiger partial charge in [-0.1, -0.05) is 12.1 Å². The molecular formula is C12H17N3O2S. The van der Waals surface area contributed by atoms with Crippen molar-refractivity contribution >= 4 is 10.2 Å². The molecule has 98 valence electrons. The molecule has 0 bridgehead atoms. The molecule has 0 aliphatic rings. The first-order valence-electron chi connectivity index (χ1n) is 5.58. The Morgan fingerprint density at radius 1 is 1.33 bits per heavy atom. The van der Waals surface area contributed by atoms with Gasteiger partial charge in [0.25, 0.3) is 10.2 Å². The first kappa shape index (κ1) is 14.6. The van der Waals surface area contributed by atoms with Gasteiger partial charge in [-0.2, -0.15) is 22.7 Å². The number of rotatable bonds is 5. The lowest BCUT2D eigenvalue weighted by Crippen LogP contribution is -2.41. The van der Waals surface area contributed by atoms with Crippen LogP contribution in [0.1, 0.15) is 25.0 Å². The molecule has 0 saturated heterocycles. The van der Waals surface area contributed by atoms with E-state index in [1.54, 1.807) is 38.1 Å². The number of benzene rings is 1. The highest BCUT2D eigenvalue weighted by Crippen LogP contribution is 2.05. The highest BCUT2D eigenvalue weighted by Gasteiger charge is 2.19. The Hall–Kier alpha value is -1.42. The Morgan fingerprint density at radius 2 is 1.89 bits per heavy atom. The molecule has 1 aromatic carbocycles. The molecule has 1 aromatic rings. The minimum absolute atomic E-state index is 0.0940. The van der Waals surface area contributed by atoms with Crippen molar-refractivity contribution in [3.63, 3.8) is 0 Å². The summed E-state index contributed by atoms with van der Waals surface area (Å²) < 4.78 is 27.4. The quantitative estimate of drug-likeness (QED) is 0.872. The topological polar surface area (TPSA) is 73.2 Å². The fourth-order valence-corrected chi connectivity index (χ4v) is 2.36. The number of nitrogens with zero attached hydrogens (tertiary/aromatic N) is 2. The fraction of sp³-hybridized carbons (Fsp3) is 0.417. The molecule has 0 spiro atoms. The Morgan fingerprint density at radius 3 is 2.33 bits per heavy atom. The van der Waals surface area contributed by atoms with Crippen LogP contribution in [0.4, 0.5) is 0 Å². The summed E-state index contributed by atoms with van der Waals surface area (Å²) in [5.41, 5.74) is 1.37. The summed E-state index contributed by atoms with van der Waals surface area (Å²) in [6, 6.07) is 8.71. The van der Waals surface area contributed by atoms with Crippen LogP contribution >= 0.6 is 0 Å². The normalized spacial score (nSPS) is 11.8. The van der Waals surface area contributed by atoms with Crippen molar-refractivity contribution in [2.45, 2.75) is 26.4 Å². The zero-order valence-corrected chi connectivity index (χ0v) is 11.5. The van der Waals surface area contributed by atoms with E-state index in [1.165, 1.54) is 11.4 Å². The van der Waals surface area contributed by atoms with Gasteiger partial charge in [0.1, 0.15) is 0 Å². The average molecular weight is 267 g/mol. The zero-order chi connectivity index (χ0) is 13.8. The minimum Gasteiger partial charge on any atom is -0.198 e. The highest BCUT2D eigenvalue weighted by atomic mass is 32.2. The molecule has 1 rings (SSSR count). The standard InChI is InChI=1S/C12H17N3O2S/c1-10(2)15(3)18(16,17)14-9-12-6-4-11(8-13)5-7-12/h4-7,10,14H,9H2,1-3H3. The molecule has 0 heterocycles. The predicted molar refractivity (Wildman–Crippen MR) is 69.8 cm³/mol. The van der Waals surface area contributed by atoms with Crippen LogP contribution in [0, 0.1) is 11.3 Å². The summed E-state index contributed by atoms with van der Waals surface area (Å²) in [6.07, 6.45) is 0. The van der Waals surface area contributed by atoms with Crippen LogP contribution in [0.3, 0.4) is 0 Å². The van der Waals surface area contributed by atoms with Crippen molar-refractivity contribution in [3.8, 4) is 6.07 Å². The lowest BCUT2D eigenvalue weighted by atomic mass is 10.1. The third-order valence-corrected chi connectivity index (χ3v) is 4.34. The summed E-state index contributed by atoms with van der Waals surface area (Å²) in [7, 11) is -1.92. The molecule has 0 aromatic heterocycles. The number of nitriles is 1. The third-order valence-electron chi connectivity index (χ3n) is 2.65. The second kappa shape index (κ2) is 5.96. The fourth-order valence-electron chi connectivity index (χ4n) is 1.25. The van der Waals surface area contributed by atoms with Gasteiger partial charge in [0.2, 0.25) is 0 Å². The lowest BCUT2D eigenvalue weighted by Gasteiger charge is -2.21. The molecule has 0 aliphatic heterocycles. The molecule has 0 atom stereocenters. The van der Waals surface area contributed by atoms with Crippen LogP contribution in [0.15, 0.2) is 24.3 Å². The Labute approximate surface area is 108 Å². The van der Waals surface area contributed by atoms with Gasteiger partial charge in [-0.3, -0.25) is 0 Å². The van der Waals surface area contributed by atoms with E-state index < -0.39 is 10.2 Å². The maximum atomic E-state index is 11.8. The van der Waals surface area contributed by atoms with Gasteiger partial charge >= 0.3 is 0 Å². The number of hydrogen-bond acceptors (Lipinski definition) is 3. The van der Waals surface area contributed by atoms with Gasteiger partial charge in [0, 0.05) is 19.6 Å². The second-order valence-corrected chi connectivity index (χ2v) is 6.06. The first-order valence-corrected chi connectivity index (χ1v) is 7.02. The summed E-state index contributed by atoms with van der Waals surface area (Å²) in [6.45, 7) is 3.83. The Bertz CT molecular complexity index is 529. The molecule has 18 heavy (non-hydrogen) atoms. The van der Waals surface area contributed by atoms with E-state index in [1.807, 2.05) is 6.07 Å². The molecule has 0 saturated carbocycles. The van der Waals surface area contributed by atoms with Crippen LogP contribution in [0.5, 0.6) is 0 Å². The van der Waals surface area contributed by atoms with E-state index in [4.69, 9.17) is 5.26 Å². The van der Waals surface area contributed by atoms with E-state index in [-0.39, 0.29) is 12.6 Å². The van der Waals surface area contributed by atoms with Gasteiger partial charge in [0.05, 0.1) is 11.6 Å². The number of nitrogens with one attached hydrogen (secondary N) is 1. The first-order chi connectivity index (χ1) is 8.36. The predicted octanol–water partition coefficient (Wildman–Crippen LogP) is 1.23. The summed E-state index contributed by atoms with van der Waals surface area (Å²) in [5, 5.41) is 8.65. The lowest BCUT2D eigenvalue weighted by molar-refractivity contribution is 0.402. The minimum atomic E-state index is -3.46. The van der Waals surface area contributed by atoms with Crippen LogP contribution in [0.25, 0.3) is 0 Å². The van der Waals surface area contributed by atoms with Crippen LogP contribution in [-0.2, 0) is 16.8 Å². The maximum Gasteiger partial charge on any atom is 0.279 e. The second-order valence-electron chi connectivity index (χ2n) is 4.24. The zero-order valence-electron chi connectivity index (χ0n) is 10.7. The van der Waals surface area contributed by atoms with Crippen LogP contribution in [-0.4, -0.2) is 25.8 Å². The third kappa shape index (κ3) is 3.81. The van der Waals surface area contributed by atoms with E-state index in [9.17, 15) is 8.42 Å². The SMILES string of the molecule is CC(C)N(C)S(=O)(=O)NCc1ccc(C#N)cc1. The average Bonchev–Trinajstić information content (AvgIpc) is 2.36. The molecular weight excluding hydrogens is 250 g/mol. The van der Waals surface area contributed by atoms with Crippen LogP contribution < -0.4 is 4.72 Å². The molecule has 0 fully saturated rings. The molecule has 5 nitrogen and oxygen atoms in total. The van der Waals surface area contributed by atoms with Crippen molar-refractivity contribution in [3.05, 3.63) is 35.4 Å². The Kier molecular flexibility index (Phi) is 4.84.